The summed E-state index contributed by atoms with van der Waals surface area (Å²) in [6.07, 6.45) is 0.935. The lowest BCUT2D eigenvalue weighted by molar-refractivity contribution is 0.102. The minimum atomic E-state index is -0.328. The van der Waals surface area contributed by atoms with Crippen LogP contribution in [-0.2, 0) is 6.54 Å². The Morgan fingerprint density at radius 1 is 1.07 bits per heavy atom. The molecule has 0 unspecified atom stereocenters. The highest BCUT2D eigenvalue weighted by atomic mass is 16.4. The van der Waals surface area contributed by atoms with E-state index in [1.54, 1.807) is 6.92 Å². The van der Waals surface area contributed by atoms with Crippen LogP contribution in [0.15, 0.2) is 59.0 Å². The highest BCUT2D eigenvalue weighted by Crippen LogP contribution is 2.24. The van der Waals surface area contributed by atoms with E-state index in [2.05, 4.69) is 22.2 Å². The molecular formula is C21H20N4O2. The number of imidazole rings is 1. The van der Waals surface area contributed by atoms with E-state index in [-0.39, 0.29) is 11.6 Å². The molecule has 0 atom stereocenters. The van der Waals surface area contributed by atoms with Crippen LogP contribution in [0.4, 0.5) is 5.95 Å². The van der Waals surface area contributed by atoms with Crippen LogP contribution in [0.25, 0.3) is 22.5 Å². The SMILES string of the molecule is CCCn1c(NC(=O)c2nc(-c3ccccc3)oc2C)nc2ccccc21. The van der Waals surface area contributed by atoms with Crippen molar-refractivity contribution < 1.29 is 9.21 Å². The van der Waals surface area contributed by atoms with E-state index in [1.165, 1.54) is 0 Å². The first-order chi connectivity index (χ1) is 13.2. The molecule has 0 bridgehead atoms. The number of nitrogens with one attached hydrogen (secondary N) is 1. The van der Waals surface area contributed by atoms with E-state index >= 15 is 0 Å². The molecule has 0 aliphatic carbocycles. The molecule has 0 aliphatic heterocycles. The Morgan fingerprint density at radius 2 is 1.81 bits per heavy atom. The van der Waals surface area contributed by atoms with Gasteiger partial charge in [0.2, 0.25) is 11.8 Å². The van der Waals surface area contributed by atoms with Gasteiger partial charge in [-0.15, -0.1) is 0 Å². The molecular weight excluding hydrogens is 340 g/mol. The number of para-hydroxylation sites is 2. The molecule has 1 N–H and O–H groups in total. The number of hydrogen-bond acceptors (Lipinski definition) is 4. The summed E-state index contributed by atoms with van der Waals surface area (Å²) in [5.74, 6) is 1.10. The molecule has 6 heteroatoms. The second kappa shape index (κ2) is 7.07. The molecule has 1 amide bonds. The Kier molecular flexibility index (Phi) is 4.46. The average Bonchev–Trinajstić information content (AvgIpc) is 3.24. The Morgan fingerprint density at radius 3 is 2.59 bits per heavy atom. The predicted molar refractivity (Wildman–Crippen MR) is 105 cm³/mol. The fraction of sp³-hybridized carbons (Fsp3) is 0.190. The van der Waals surface area contributed by atoms with Crippen LogP contribution in [-0.4, -0.2) is 20.4 Å². The summed E-state index contributed by atoms with van der Waals surface area (Å²) in [5, 5.41) is 2.90. The van der Waals surface area contributed by atoms with Crippen LogP contribution in [0.5, 0.6) is 0 Å². The lowest BCUT2D eigenvalue weighted by Crippen LogP contribution is -2.17. The van der Waals surface area contributed by atoms with Crippen molar-refractivity contribution in [2.75, 3.05) is 5.32 Å². The number of aryl methyl sites for hydroxylation is 2. The van der Waals surface area contributed by atoms with Crippen LogP contribution in [0.2, 0.25) is 0 Å². The van der Waals surface area contributed by atoms with Gasteiger partial charge in [-0.1, -0.05) is 37.3 Å². The zero-order valence-electron chi connectivity index (χ0n) is 15.3. The van der Waals surface area contributed by atoms with Crippen LogP contribution in [0, 0.1) is 6.92 Å². The van der Waals surface area contributed by atoms with Gasteiger partial charge in [-0.05, 0) is 37.6 Å². The number of carbonyl (C=O) groups excluding carboxylic acids is 1. The normalized spacial score (nSPS) is 11.0. The lowest BCUT2D eigenvalue weighted by Gasteiger charge is -2.08. The maximum absolute atomic E-state index is 12.8. The number of amides is 1. The maximum atomic E-state index is 12.8. The van der Waals surface area contributed by atoms with Crippen LogP contribution >= 0.6 is 0 Å². The topological polar surface area (TPSA) is 73.0 Å². The molecule has 0 spiro atoms. The van der Waals surface area contributed by atoms with Crippen molar-refractivity contribution in [2.45, 2.75) is 26.8 Å². The summed E-state index contributed by atoms with van der Waals surface area (Å²) < 4.78 is 7.71. The first kappa shape index (κ1) is 17.0. The molecule has 2 aromatic carbocycles. The second-order valence-corrected chi connectivity index (χ2v) is 6.32. The number of oxazole rings is 1. The van der Waals surface area contributed by atoms with Gasteiger partial charge in [0.25, 0.3) is 5.91 Å². The lowest BCUT2D eigenvalue weighted by atomic mass is 10.2. The van der Waals surface area contributed by atoms with E-state index in [1.807, 2.05) is 59.2 Å². The number of nitrogens with zero attached hydrogens (tertiary/aromatic N) is 3. The van der Waals surface area contributed by atoms with E-state index < -0.39 is 0 Å². The molecule has 0 saturated carbocycles. The summed E-state index contributed by atoms with van der Waals surface area (Å²) in [5.41, 5.74) is 2.95. The zero-order chi connectivity index (χ0) is 18.8. The third-order valence-electron chi connectivity index (χ3n) is 4.36. The Hall–Kier alpha value is -3.41. The van der Waals surface area contributed by atoms with Gasteiger partial charge >= 0.3 is 0 Å². The Bertz CT molecular complexity index is 1100. The van der Waals surface area contributed by atoms with E-state index in [4.69, 9.17) is 4.42 Å². The van der Waals surface area contributed by atoms with Gasteiger partial charge < -0.3 is 8.98 Å². The third-order valence-corrected chi connectivity index (χ3v) is 4.36. The van der Waals surface area contributed by atoms with Crippen LogP contribution in [0.3, 0.4) is 0 Å². The van der Waals surface area contributed by atoms with Crippen molar-refractivity contribution in [3.63, 3.8) is 0 Å². The van der Waals surface area contributed by atoms with Gasteiger partial charge in [0.15, 0.2) is 5.69 Å². The highest BCUT2D eigenvalue weighted by Gasteiger charge is 2.20. The molecule has 0 fully saturated rings. The van der Waals surface area contributed by atoms with Gasteiger partial charge in [-0.2, -0.15) is 0 Å². The van der Waals surface area contributed by atoms with Crippen molar-refractivity contribution in [2.24, 2.45) is 0 Å². The standard InChI is InChI=1S/C21H20N4O2/c1-3-13-25-17-12-8-7-11-16(17)22-21(25)24-19(26)18-14(2)27-20(23-18)15-9-5-4-6-10-15/h4-12H,3,13H2,1-2H3,(H,22,24,26). The molecule has 0 saturated heterocycles. The molecule has 0 radical (unpaired) electrons. The molecule has 27 heavy (non-hydrogen) atoms. The second-order valence-electron chi connectivity index (χ2n) is 6.32. The summed E-state index contributed by atoms with van der Waals surface area (Å²) >= 11 is 0. The van der Waals surface area contributed by atoms with Crippen LogP contribution in [0.1, 0.15) is 29.6 Å². The fourth-order valence-electron chi connectivity index (χ4n) is 3.09. The maximum Gasteiger partial charge on any atom is 0.280 e. The minimum absolute atomic E-state index is 0.268. The van der Waals surface area contributed by atoms with Crippen molar-refractivity contribution in [1.82, 2.24) is 14.5 Å². The number of fused-ring (bicyclic) bond motifs is 1. The summed E-state index contributed by atoms with van der Waals surface area (Å²) in [7, 11) is 0. The first-order valence-electron chi connectivity index (χ1n) is 8.97. The average molecular weight is 360 g/mol. The quantitative estimate of drug-likeness (QED) is 0.562. The minimum Gasteiger partial charge on any atom is -0.441 e. The molecule has 0 aliphatic rings. The number of hydrogen-bond donors (Lipinski definition) is 1. The summed E-state index contributed by atoms with van der Waals surface area (Å²) in [4.78, 5) is 21.8. The van der Waals surface area contributed by atoms with E-state index in [9.17, 15) is 4.79 Å². The molecule has 4 rings (SSSR count). The molecule has 2 heterocycles. The Labute approximate surface area is 156 Å². The molecule has 2 aromatic heterocycles. The zero-order valence-corrected chi connectivity index (χ0v) is 15.3. The van der Waals surface area contributed by atoms with Crippen molar-refractivity contribution >= 4 is 22.9 Å². The number of anilines is 1. The van der Waals surface area contributed by atoms with E-state index in [0.29, 0.717) is 17.6 Å². The van der Waals surface area contributed by atoms with Gasteiger partial charge in [0.05, 0.1) is 11.0 Å². The predicted octanol–water partition coefficient (Wildman–Crippen LogP) is 4.66. The van der Waals surface area contributed by atoms with Gasteiger partial charge in [0, 0.05) is 12.1 Å². The smallest absolute Gasteiger partial charge is 0.280 e. The number of carbonyl (C=O) groups is 1. The molecule has 6 nitrogen and oxygen atoms in total. The largest absolute Gasteiger partial charge is 0.441 e. The van der Waals surface area contributed by atoms with Gasteiger partial charge in [-0.3, -0.25) is 10.1 Å². The van der Waals surface area contributed by atoms with Gasteiger partial charge in [0.1, 0.15) is 5.76 Å². The monoisotopic (exact) mass is 360 g/mol. The van der Waals surface area contributed by atoms with Crippen molar-refractivity contribution in [3.8, 4) is 11.5 Å². The van der Waals surface area contributed by atoms with Crippen molar-refractivity contribution in [3.05, 3.63) is 66.1 Å². The third kappa shape index (κ3) is 3.21. The highest BCUT2D eigenvalue weighted by molar-refractivity contribution is 6.03. The first-order valence-corrected chi connectivity index (χ1v) is 8.97. The number of benzene rings is 2. The molecule has 4 aromatic rings. The number of aromatic nitrogens is 3. The van der Waals surface area contributed by atoms with Gasteiger partial charge in [-0.25, -0.2) is 9.97 Å². The van der Waals surface area contributed by atoms with Crippen LogP contribution < -0.4 is 5.32 Å². The fourth-order valence-corrected chi connectivity index (χ4v) is 3.09. The summed E-state index contributed by atoms with van der Waals surface area (Å²) in [6.45, 7) is 4.60. The van der Waals surface area contributed by atoms with Crippen molar-refractivity contribution in [1.29, 1.82) is 0 Å². The summed E-state index contributed by atoms with van der Waals surface area (Å²) in [6, 6.07) is 17.4. The van der Waals surface area contributed by atoms with E-state index in [0.717, 1.165) is 29.6 Å². The molecule has 136 valence electrons. The number of rotatable bonds is 5. The Balaban J connectivity index is 1.66.